The molecular formula is C18H20N2O3S. The lowest BCUT2D eigenvalue weighted by Gasteiger charge is -2.14. The Balaban J connectivity index is 2.04. The first-order valence-corrected chi connectivity index (χ1v) is 8.89. The molecule has 24 heavy (non-hydrogen) atoms. The largest absolute Gasteiger partial charge is 0.366 e. The molecule has 2 amide bonds. The molecule has 2 rings (SSSR count). The van der Waals surface area contributed by atoms with E-state index in [-0.39, 0.29) is 11.7 Å². The lowest BCUT2D eigenvalue weighted by Crippen LogP contribution is -2.30. The first kappa shape index (κ1) is 17.9. The third-order valence-electron chi connectivity index (χ3n) is 3.69. The van der Waals surface area contributed by atoms with E-state index in [1.54, 1.807) is 37.3 Å². The summed E-state index contributed by atoms with van der Waals surface area (Å²) in [7, 11) is -1.41. The van der Waals surface area contributed by atoms with Crippen LogP contribution < -0.4 is 11.1 Å². The van der Waals surface area contributed by atoms with Crippen LogP contribution in [0.2, 0.25) is 0 Å². The zero-order chi connectivity index (χ0) is 17.7. The normalized spacial score (nSPS) is 13.1. The molecule has 126 valence electrons. The minimum absolute atomic E-state index is 0.184. The van der Waals surface area contributed by atoms with Gasteiger partial charge in [0.2, 0.25) is 11.8 Å². The standard InChI is InChI=1S/C18H20N2O3S/c1-12-6-3-4-9-16(12)20-18(22)13(2)24(23)11-14-7-5-8-15(10-14)17(19)21/h3-10,13H,11H2,1-2H3,(H2,19,21)(H,20,22)/t13-,24-/m1/s1. The topological polar surface area (TPSA) is 89.3 Å². The van der Waals surface area contributed by atoms with Gasteiger partial charge in [-0.25, -0.2) is 0 Å². The Hall–Kier alpha value is -2.47. The lowest BCUT2D eigenvalue weighted by molar-refractivity contribution is -0.115. The van der Waals surface area contributed by atoms with E-state index < -0.39 is 22.0 Å². The van der Waals surface area contributed by atoms with Crippen LogP contribution in [-0.4, -0.2) is 21.3 Å². The molecule has 6 heteroatoms. The fourth-order valence-corrected chi connectivity index (χ4v) is 3.23. The molecule has 0 bridgehead atoms. The highest BCUT2D eigenvalue weighted by Crippen LogP contribution is 2.15. The molecule has 0 radical (unpaired) electrons. The minimum atomic E-state index is -1.41. The van der Waals surface area contributed by atoms with Crippen LogP contribution in [0.5, 0.6) is 0 Å². The van der Waals surface area contributed by atoms with Gasteiger partial charge in [-0.3, -0.25) is 13.8 Å². The summed E-state index contributed by atoms with van der Waals surface area (Å²) in [6.45, 7) is 3.52. The van der Waals surface area contributed by atoms with Gasteiger partial charge in [0.25, 0.3) is 0 Å². The van der Waals surface area contributed by atoms with E-state index in [1.807, 2.05) is 25.1 Å². The monoisotopic (exact) mass is 344 g/mol. The van der Waals surface area contributed by atoms with Gasteiger partial charge < -0.3 is 11.1 Å². The summed E-state index contributed by atoms with van der Waals surface area (Å²) in [6.07, 6.45) is 0. The zero-order valence-corrected chi connectivity index (χ0v) is 14.4. The van der Waals surface area contributed by atoms with E-state index in [0.717, 1.165) is 5.56 Å². The van der Waals surface area contributed by atoms with Gasteiger partial charge in [0.1, 0.15) is 5.25 Å². The Labute approximate surface area is 143 Å². The zero-order valence-electron chi connectivity index (χ0n) is 13.6. The van der Waals surface area contributed by atoms with Crippen LogP contribution in [0.3, 0.4) is 0 Å². The Morgan fingerprint density at radius 2 is 1.88 bits per heavy atom. The number of rotatable bonds is 6. The van der Waals surface area contributed by atoms with E-state index in [0.29, 0.717) is 16.8 Å². The molecular weight excluding hydrogens is 324 g/mol. The van der Waals surface area contributed by atoms with Crippen molar-refractivity contribution >= 4 is 28.3 Å². The van der Waals surface area contributed by atoms with E-state index in [9.17, 15) is 13.8 Å². The van der Waals surface area contributed by atoms with Gasteiger partial charge in [-0.05, 0) is 43.2 Å². The van der Waals surface area contributed by atoms with Gasteiger partial charge in [0.05, 0.1) is 0 Å². The molecule has 2 atom stereocenters. The van der Waals surface area contributed by atoms with Gasteiger partial charge in [-0.2, -0.15) is 0 Å². The van der Waals surface area contributed by atoms with E-state index in [1.165, 1.54) is 0 Å². The van der Waals surface area contributed by atoms with Crippen LogP contribution in [0.1, 0.15) is 28.4 Å². The highest BCUT2D eigenvalue weighted by atomic mass is 32.2. The van der Waals surface area contributed by atoms with E-state index >= 15 is 0 Å². The molecule has 0 unspecified atom stereocenters. The highest BCUT2D eigenvalue weighted by molar-refractivity contribution is 7.85. The van der Waals surface area contributed by atoms with Crippen molar-refractivity contribution in [2.45, 2.75) is 24.9 Å². The number of carbonyl (C=O) groups is 2. The van der Waals surface area contributed by atoms with Crippen molar-refractivity contribution in [3.8, 4) is 0 Å². The Morgan fingerprint density at radius 3 is 2.54 bits per heavy atom. The Bertz CT molecular complexity index is 789. The lowest BCUT2D eigenvalue weighted by atomic mass is 10.1. The second-order valence-electron chi connectivity index (χ2n) is 5.54. The van der Waals surface area contributed by atoms with Crippen LogP contribution in [0.25, 0.3) is 0 Å². The van der Waals surface area contributed by atoms with Crippen molar-refractivity contribution in [2.24, 2.45) is 5.73 Å². The van der Waals surface area contributed by atoms with Crippen molar-refractivity contribution in [3.05, 3.63) is 65.2 Å². The molecule has 2 aromatic rings. The smallest absolute Gasteiger partial charge is 0.248 e. The molecule has 0 aromatic heterocycles. The number of primary amides is 1. The maximum absolute atomic E-state index is 12.4. The predicted octanol–water partition coefficient (Wildman–Crippen LogP) is 2.37. The molecule has 0 fully saturated rings. The molecule has 0 aliphatic carbocycles. The minimum Gasteiger partial charge on any atom is -0.366 e. The number of carbonyl (C=O) groups excluding carboxylic acids is 2. The maximum Gasteiger partial charge on any atom is 0.248 e. The molecule has 0 aliphatic heterocycles. The fraction of sp³-hybridized carbons (Fsp3) is 0.222. The number of hydrogen-bond donors (Lipinski definition) is 2. The second kappa shape index (κ2) is 7.88. The summed E-state index contributed by atoms with van der Waals surface area (Å²) in [6, 6.07) is 14.1. The van der Waals surface area contributed by atoms with E-state index in [4.69, 9.17) is 5.73 Å². The first-order chi connectivity index (χ1) is 11.4. The third kappa shape index (κ3) is 4.52. The molecule has 0 aliphatic rings. The SMILES string of the molecule is Cc1ccccc1NC(=O)[C@@H](C)[S@](=O)Cc1cccc(C(N)=O)c1. The molecule has 0 saturated carbocycles. The number of benzene rings is 2. The summed E-state index contributed by atoms with van der Waals surface area (Å²) in [5, 5.41) is 2.12. The van der Waals surface area contributed by atoms with Gasteiger partial charge in [-0.15, -0.1) is 0 Å². The second-order valence-corrected chi connectivity index (χ2v) is 7.29. The Kier molecular flexibility index (Phi) is 5.87. The number of para-hydroxylation sites is 1. The summed E-state index contributed by atoms with van der Waals surface area (Å²) >= 11 is 0. The van der Waals surface area contributed by atoms with Gasteiger partial charge >= 0.3 is 0 Å². The summed E-state index contributed by atoms with van der Waals surface area (Å²) in [5.74, 6) is -0.648. The van der Waals surface area contributed by atoms with Crippen molar-refractivity contribution in [1.82, 2.24) is 0 Å². The van der Waals surface area contributed by atoms with Crippen LogP contribution in [-0.2, 0) is 21.3 Å². The first-order valence-electron chi connectivity index (χ1n) is 7.51. The average molecular weight is 344 g/mol. The molecule has 0 spiro atoms. The van der Waals surface area contributed by atoms with Crippen LogP contribution in [0, 0.1) is 6.92 Å². The average Bonchev–Trinajstić information content (AvgIpc) is 2.56. The molecule has 5 nitrogen and oxygen atoms in total. The summed E-state index contributed by atoms with van der Waals surface area (Å²) < 4.78 is 12.4. The molecule has 2 aromatic carbocycles. The highest BCUT2D eigenvalue weighted by Gasteiger charge is 2.21. The predicted molar refractivity (Wildman–Crippen MR) is 96.1 cm³/mol. The molecule has 0 heterocycles. The quantitative estimate of drug-likeness (QED) is 0.843. The number of aryl methyl sites for hydroxylation is 1. The number of hydrogen-bond acceptors (Lipinski definition) is 3. The fourth-order valence-electron chi connectivity index (χ4n) is 2.17. The number of anilines is 1. The third-order valence-corrected chi connectivity index (χ3v) is 5.31. The van der Waals surface area contributed by atoms with Crippen molar-refractivity contribution in [1.29, 1.82) is 0 Å². The van der Waals surface area contributed by atoms with Crippen molar-refractivity contribution < 1.29 is 13.8 Å². The maximum atomic E-state index is 12.4. The van der Waals surface area contributed by atoms with Crippen LogP contribution in [0.15, 0.2) is 48.5 Å². The number of nitrogens with one attached hydrogen (secondary N) is 1. The Morgan fingerprint density at radius 1 is 1.17 bits per heavy atom. The van der Waals surface area contributed by atoms with Gasteiger partial charge in [-0.1, -0.05) is 30.3 Å². The number of amides is 2. The van der Waals surface area contributed by atoms with Crippen molar-refractivity contribution in [3.63, 3.8) is 0 Å². The van der Waals surface area contributed by atoms with Gasteiger partial charge in [0.15, 0.2) is 0 Å². The van der Waals surface area contributed by atoms with Gasteiger partial charge in [0, 0.05) is 27.8 Å². The van der Waals surface area contributed by atoms with Crippen molar-refractivity contribution in [2.75, 3.05) is 5.32 Å². The van der Waals surface area contributed by atoms with Crippen LogP contribution in [0.4, 0.5) is 5.69 Å². The molecule has 3 N–H and O–H groups in total. The number of nitrogens with two attached hydrogens (primary N) is 1. The summed E-state index contributed by atoms with van der Waals surface area (Å²) in [5.41, 5.74) is 7.97. The van der Waals surface area contributed by atoms with E-state index in [2.05, 4.69) is 5.32 Å². The summed E-state index contributed by atoms with van der Waals surface area (Å²) in [4.78, 5) is 23.5. The van der Waals surface area contributed by atoms with Crippen LogP contribution >= 0.6 is 0 Å². The molecule has 0 saturated heterocycles.